The molecule has 1 fully saturated rings. The van der Waals surface area contributed by atoms with E-state index in [9.17, 15) is 19.8 Å². The lowest BCUT2D eigenvalue weighted by molar-refractivity contribution is -0.149. The van der Waals surface area contributed by atoms with Crippen molar-refractivity contribution in [3.05, 3.63) is 35.9 Å². The number of benzene rings is 1. The molecular formula is C17H24N2O4. The summed E-state index contributed by atoms with van der Waals surface area (Å²) in [5.74, 6) is -1.08. The van der Waals surface area contributed by atoms with Gasteiger partial charge in [-0.25, -0.2) is 0 Å². The summed E-state index contributed by atoms with van der Waals surface area (Å²) in [5, 5.41) is 19.4. The first-order valence-electron chi connectivity index (χ1n) is 7.95. The smallest absolute Gasteiger partial charge is 0.252 e. The molecule has 4 N–H and O–H groups in total. The van der Waals surface area contributed by atoms with Gasteiger partial charge in [-0.1, -0.05) is 30.3 Å². The van der Waals surface area contributed by atoms with Gasteiger partial charge in [-0.05, 0) is 37.2 Å². The Balaban J connectivity index is 1.95. The zero-order chi connectivity index (χ0) is 16.8. The number of hydrogen-bond acceptors (Lipinski definition) is 4. The molecule has 2 amide bonds. The molecule has 23 heavy (non-hydrogen) atoms. The van der Waals surface area contributed by atoms with Crippen molar-refractivity contribution in [3.63, 3.8) is 0 Å². The van der Waals surface area contributed by atoms with Crippen LogP contribution >= 0.6 is 0 Å². The fourth-order valence-electron chi connectivity index (χ4n) is 3.00. The third-order valence-electron chi connectivity index (χ3n) is 4.42. The first-order chi connectivity index (χ1) is 11.0. The summed E-state index contributed by atoms with van der Waals surface area (Å²) in [4.78, 5) is 25.4. The molecule has 1 saturated heterocycles. The van der Waals surface area contributed by atoms with Gasteiger partial charge in [0.2, 0.25) is 5.91 Å². The van der Waals surface area contributed by atoms with Crippen molar-refractivity contribution >= 4 is 11.8 Å². The molecule has 0 spiro atoms. The first kappa shape index (κ1) is 17.4. The number of likely N-dealkylation sites (tertiary alicyclic amines) is 1. The highest BCUT2D eigenvalue weighted by Crippen LogP contribution is 2.23. The summed E-state index contributed by atoms with van der Waals surface area (Å²) < 4.78 is 0. The Morgan fingerprint density at radius 3 is 2.61 bits per heavy atom. The molecule has 1 aromatic carbocycles. The highest BCUT2D eigenvalue weighted by atomic mass is 16.3. The molecule has 2 unspecified atom stereocenters. The maximum atomic E-state index is 12.4. The van der Waals surface area contributed by atoms with Crippen molar-refractivity contribution in [1.29, 1.82) is 0 Å². The van der Waals surface area contributed by atoms with Gasteiger partial charge in [-0.2, -0.15) is 0 Å². The van der Waals surface area contributed by atoms with Gasteiger partial charge in [0.25, 0.3) is 5.91 Å². The molecule has 0 saturated carbocycles. The molecule has 6 heteroatoms. The summed E-state index contributed by atoms with van der Waals surface area (Å²) in [5.41, 5.74) is 6.43. The van der Waals surface area contributed by atoms with Gasteiger partial charge in [0.15, 0.2) is 0 Å². The van der Waals surface area contributed by atoms with Crippen molar-refractivity contribution in [1.82, 2.24) is 4.90 Å². The second kappa shape index (κ2) is 8.08. The van der Waals surface area contributed by atoms with Crippen LogP contribution in [0.2, 0.25) is 0 Å². The molecule has 126 valence electrons. The van der Waals surface area contributed by atoms with Crippen LogP contribution in [0.4, 0.5) is 0 Å². The molecule has 1 aliphatic rings. The molecule has 3 atom stereocenters. The number of nitrogens with zero attached hydrogens (tertiary/aromatic N) is 1. The quantitative estimate of drug-likeness (QED) is 0.689. The molecule has 0 radical (unpaired) electrons. The number of rotatable bonds is 6. The lowest BCUT2D eigenvalue weighted by Crippen LogP contribution is -2.55. The SMILES string of the molecule is NC(=O)C1CC(CO)CCN1C(=O)[C@H](O)CCc1ccccc1. The van der Waals surface area contributed by atoms with Crippen LogP contribution in [0, 0.1) is 5.92 Å². The molecule has 0 bridgehead atoms. The van der Waals surface area contributed by atoms with Crippen LogP contribution < -0.4 is 5.73 Å². The number of hydrogen-bond donors (Lipinski definition) is 3. The van der Waals surface area contributed by atoms with E-state index in [2.05, 4.69) is 0 Å². The zero-order valence-electron chi connectivity index (χ0n) is 13.1. The fraction of sp³-hybridized carbons (Fsp3) is 0.529. The van der Waals surface area contributed by atoms with Gasteiger partial charge < -0.3 is 20.8 Å². The normalized spacial score (nSPS) is 22.6. The molecule has 0 aromatic heterocycles. The Morgan fingerprint density at radius 1 is 1.30 bits per heavy atom. The van der Waals surface area contributed by atoms with E-state index in [1.54, 1.807) is 0 Å². The Kier molecular flexibility index (Phi) is 6.12. The van der Waals surface area contributed by atoms with Gasteiger partial charge in [0.1, 0.15) is 12.1 Å². The van der Waals surface area contributed by atoms with Crippen molar-refractivity contribution in [2.24, 2.45) is 11.7 Å². The first-order valence-corrected chi connectivity index (χ1v) is 7.95. The molecule has 2 rings (SSSR count). The number of carbonyl (C=O) groups is 2. The van der Waals surface area contributed by atoms with E-state index in [0.717, 1.165) is 5.56 Å². The lowest BCUT2D eigenvalue weighted by Gasteiger charge is -2.38. The van der Waals surface area contributed by atoms with Gasteiger partial charge in [0.05, 0.1) is 0 Å². The predicted molar refractivity (Wildman–Crippen MR) is 85.3 cm³/mol. The third-order valence-corrected chi connectivity index (χ3v) is 4.42. The molecule has 1 heterocycles. The predicted octanol–water partition coefficient (Wildman–Crippen LogP) is 0.0649. The minimum atomic E-state index is -1.15. The standard InChI is InChI=1S/C17H24N2O4/c18-16(22)14-10-13(11-20)8-9-19(14)17(23)15(21)7-6-12-4-2-1-3-5-12/h1-5,13-15,20-21H,6-11H2,(H2,18,22)/t13?,14?,15-/m1/s1. The Bertz CT molecular complexity index is 535. The second-order valence-corrected chi connectivity index (χ2v) is 6.06. The summed E-state index contributed by atoms with van der Waals surface area (Å²) in [6.07, 6.45) is 0.694. The average Bonchev–Trinajstić information content (AvgIpc) is 2.59. The largest absolute Gasteiger partial charge is 0.396 e. The van der Waals surface area contributed by atoms with E-state index in [0.29, 0.717) is 32.2 Å². The molecule has 1 aromatic rings. The van der Waals surface area contributed by atoms with E-state index >= 15 is 0 Å². The third kappa shape index (κ3) is 4.53. The van der Waals surface area contributed by atoms with Crippen molar-refractivity contribution in [2.45, 2.75) is 37.8 Å². The van der Waals surface area contributed by atoms with E-state index in [1.807, 2.05) is 30.3 Å². The number of aliphatic hydroxyl groups excluding tert-OH is 2. The van der Waals surface area contributed by atoms with E-state index in [1.165, 1.54) is 4.90 Å². The van der Waals surface area contributed by atoms with Crippen LogP contribution in [0.1, 0.15) is 24.8 Å². The number of primary amides is 1. The molecular weight excluding hydrogens is 296 g/mol. The monoisotopic (exact) mass is 320 g/mol. The van der Waals surface area contributed by atoms with Crippen LogP contribution in [0.25, 0.3) is 0 Å². The minimum Gasteiger partial charge on any atom is -0.396 e. The summed E-state index contributed by atoms with van der Waals surface area (Å²) >= 11 is 0. The maximum absolute atomic E-state index is 12.4. The minimum absolute atomic E-state index is 0.0254. The number of piperidine rings is 1. The fourth-order valence-corrected chi connectivity index (χ4v) is 3.00. The number of amides is 2. The van der Waals surface area contributed by atoms with Crippen molar-refractivity contribution in [3.8, 4) is 0 Å². The van der Waals surface area contributed by atoms with Gasteiger partial charge in [-0.3, -0.25) is 9.59 Å². The molecule has 1 aliphatic heterocycles. The van der Waals surface area contributed by atoms with Crippen molar-refractivity contribution < 1.29 is 19.8 Å². The topological polar surface area (TPSA) is 104 Å². The number of aliphatic hydroxyl groups is 2. The molecule has 6 nitrogen and oxygen atoms in total. The van der Waals surface area contributed by atoms with Crippen LogP contribution in [-0.4, -0.2) is 52.2 Å². The highest BCUT2D eigenvalue weighted by Gasteiger charge is 2.36. The summed E-state index contributed by atoms with van der Waals surface area (Å²) in [6.45, 7) is 0.308. The van der Waals surface area contributed by atoms with Gasteiger partial charge in [0, 0.05) is 13.2 Å². The summed E-state index contributed by atoms with van der Waals surface area (Å²) in [6, 6.07) is 8.86. The van der Waals surface area contributed by atoms with E-state index < -0.39 is 24.0 Å². The van der Waals surface area contributed by atoms with Crippen LogP contribution in [0.5, 0.6) is 0 Å². The lowest BCUT2D eigenvalue weighted by atomic mass is 9.90. The zero-order valence-corrected chi connectivity index (χ0v) is 13.1. The van der Waals surface area contributed by atoms with Crippen LogP contribution in [-0.2, 0) is 16.0 Å². The summed E-state index contributed by atoms with van der Waals surface area (Å²) in [7, 11) is 0. The molecule has 0 aliphatic carbocycles. The Morgan fingerprint density at radius 2 is 2.00 bits per heavy atom. The second-order valence-electron chi connectivity index (χ2n) is 6.06. The average molecular weight is 320 g/mol. The number of nitrogens with two attached hydrogens (primary N) is 1. The maximum Gasteiger partial charge on any atom is 0.252 e. The number of carbonyl (C=O) groups excluding carboxylic acids is 2. The van der Waals surface area contributed by atoms with Gasteiger partial charge in [-0.15, -0.1) is 0 Å². The highest BCUT2D eigenvalue weighted by molar-refractivity contribution is 5.88. The van der Waals surface area contributed by atoms with Crippen LogP contribution in [0.3, 0.4) is 0 Å². The van der Waals surface area contributed by atoms with E-state index in [4.69, 9.17) is 5.73 Å². The van der Waals surface area contributed by atoms with Crippen LogP contribution in [0.15, 0.2) is 30.3 Å². The Hall–Kier alpha value is -1.92. The number of aryl methyl sites for hydroxylation is 1. The van der Waals surface area contributed by atoms with Gasteiger partial charge >= 0.3 is 0 Å². The van der Waals surface area contributed by atoms with Crippen molar-refractivity contribution in [2.75, 3.05) is 13.2 Å². The Labute approximate surface area is 135 Å². The van der Waals surface area contributed by atoms with E-state index in [-0.39, 0.29) is 12.5 Å².